The molecule has 0 aliphatic carbocycles. The van der Waals surface area contributed by atoms with Gasteiger partial charge >= 0.3 is 0 Å². The summed E-state index contributed by atoms with van der Waals surface area (Å²) < 4.78 is 4.63. The highest BCUT2D eigenvalue weighted by atomic mass is 15.2. The molecule has 3 rings (SSSR count). The van der Waals surface area contributed by atoms with Crippen molar-refractivity contribution in [1.82, 2.24) is 4.57 Å². The second-order valence-corrected chi connectivity index (χ2v) is 5.21. The molecule has 0 spiro atoms. The summed E-state index contributed by atoms with van der Waals surface area (Å²) >= 11 is 0. The van der Waals surface area contributed by atoms with Crippen LogP contribution in [-0.2, 0) is 7.05 Å². The molecule has 1 aliphatic heterocycles. The first kappa shape index (κ1) is 10.6. The third-order valence-electron chi connectivity index (χ3n) is 3.93. The summed E-state index contributed by atoms with van der Waals surface area (Å²) in [5, 5.41) is 0. The minimum atomic E-state index is 0.564. The maximum Gasteiger partial charge on any atom is 0.289 e. The van der Waals surface area contributed by atoms with Gasteiger partial charge in [-0.15, -0.1) is 0 Å². The first-order chi connectivity index (χ1) is 8.18. The number of rotatable bonds is 0. The summed E-state index contributed by atoms with van der Waals surface area (Å²) in [6, 6.07) is 9.37. The molecular formula is C15H19N2+. The maximum atomic E-state index is 2.41. The zero-order valence-electron chi connectivity index (χ0n) is 10.7. The Bertz CT molecular complexity index is 554. The van der Waals surface area contributed by atoms with Crippen molar-refractivity contribution >= 4 is 0 Å². The summed E-state index contributed by atoms with van der Waals surface area (Å²) in [5.41, 5.74) is 2.87. The normalized spacial score (nSPS) is 22.8. The van der Waals surface area contributed by atoms with Crippen LogP contribution in [0.4, 0.5) is 0 Å². The van der Waals surface area contributed by atoms with Crippen molar-refractivity contribution in [3.8, 4) is 11.4 Å². The van der Waals surface area contributed by atoms with E-state index in [2.05, 4.69) is 66.7 Å². The van der Waals surface area contributed by atoms with E-state index in [-0.39, 0.29) is 0 Å². The Hall–Kier alpha value is -1.57. The fourth-order valence-corrected chi connectivity index (χ4v) is 3.06. The molecule has 0 radical (unpaired) electrons. The lowest BCUT2D eigenvalue weighted by atomic mass is 9.92. The molecule has 0 bridgehead atoms. The molecule has 2 unspecified atom stereocenters. The van der Waals surface area contributed by atoms with E-state index in [1.165, 1.54) is 23.4 Å². The Morgan fingerprint density at radius 2 is 2.00 bits per heavy atom. The largest absolute Gasteiger partial charge is 0.289 e. The molecular weight excluding hydrogens is 208 g/mol. The molecule has 0 N–H and O–H groups in total. The number of aryl methyl sites for hydroxylation is 1. The Kier molecular flexibility index (Phi) is 2.32. The minimum Gasteiger partial charge on any atom is -0.233 e. The fourth-order valence-electron chi connectivity index (χ4n) is 3.06. The lowest BCUT2D eigenvalue weighted by Crippen LogP contribution is -2.29. The molecule has 2 nitrogen and oxygen atoms in total. The van der Waals surface area contributed by atoms with Crippen LogP contribution in [0.5, 0.6) is 0 Å². The molecule has 2 aromatic rings. The number of fused-ring (bicyclic) bond motifs is 3. The van der Waals surface area contributed by atoms with Crippen LogP contribution >= 0.6 is 0 Å². The smallest absolute Gasteiger partial charge is 0.233 e. The molecule has 0 saturated carbocycles. The second kappa shape index (κ2) is 3.73. The van der Waals surface area contributed by atoms with E-state index in [0.29, 0.717) is 12.0 Å². The van der Waals surface area contributed by atoms with Crippen LogP contribution in [0, 0.1) is 0 Å². The summed E-state index contributed by atoms with van der Waals surface area (Å²) in [5.74, 6) is 1.96. The predicted octanol–water partition coefficient (Wildman–Crippen LogP) is 3.05. The standard InChI is InChI=1S/C15H19N2/c1-11-10-12(2)17-9-8-16(3)15(17)14-7-5-4-6-13(11)14/h4-9,11-12H,10H2,1-3H3/q+1. The number of imidazole rings is 1. The van der Waals surface area contributed by atoms with E-state index >= 15 is 0 Å². The number of nitrogens with zero attached hydrogens (tertiary/aromatic N) is 2. The molecule has 88 valence electrons. The topological polar surface area (TPSA) is 8.81 Å². The average molecular weight is 227 g/mol. The number of benzene rings is 1. The summed E-state index contributed by atoms with van der Waals surface area (Å²) in [6.45, 7) is 4.65. The first-order valence-electron chi connectivity index (χ1n) is 6.34. The molecule has 0 saturated heterocycles. The Morgan fingerprint density at radius 1 is 1.24 bits per heavy atom. The van der Waals surface area contributed by atoms with Crippen LogP contribution in [0.25, 0.3) is 11.4 Å². The van der Waals surface area contributed by atoms with Gasteiger partial charge in [-0.2, -0.15) is 0 Å². The lowest BCUT2D eigenvalue weighted by Gasteiger charge is -2.12. The lowest BCUT2D eigenvalue weighted by molar-refractivity contribution is -0.659. The highest BCUT2D eigenvalue weighted by Crippen LogP contribution is 2.37. The van der Waals surface area contributed by atoms with Crippen LogP contribution in [0.15, 0.2) is 36.7 Å². The highest BCUT2D eigenvalue weighted by Gasteiger charge is 2.30. The molecule has 1 aromatic heterocycles. The van der Waals surface area contributed by atoms with Gasteiger partial charge in [0.2, 0.25) is 0 Å². The third-order valence-corrected chi connectivity index (χ3v) is 3.93. The zero-order chi connectivity index (χ0) is 12.0. The number of hydrogen-bond acceptors (Lipinski definition) is 0. The monoisotopic (exact) mass is 227 g/mol. The molecule has 0 fully saturated rings. The molecule has 2 heterocycles. The number of hydrogen-bond donors (Lipinski definition) is 0. The van der Waals surface area contributed by atoms with Crippen LogP contribution in [0.2, 0.25) is 0 Å². The van der Waals surface area contributed by atoms with E-state index in [9.17, 15) is 0 Å². The quantitative estimate of drug-likeness (QED) is 0.612. The van der Waals surface area contributed by atoms with Crippen molar-refractivity contribution in [3.63, 3.8) is 0 Å². The van der Waals surface area contributed by atoms with Crippen LogP contribution < -0.4 is 4.57 Å². The Balaban J connectivity index is 2.32. The molecule has 17 heavy (non-hydrogen) atoms. The summed E-state index contributed by atoms with van der Waals surface area (Å²) in [4.78, 5) is 0. The predicted molar refractivity (Wildman–Crippen MR) is 68.8 cm³/mol. The van der Waals surface area contributed by atoms with Crippen molar-refractivity contribution in [2.75, 3.05) is 0 Å². The Morgan fingerprint density at radius 3 is 2.82 bits per heavy atom. The highest BCUT2D eigenvalue weighted by molar-refractivity contribution is 5.60. The van der Waals surface area contributed by atoms with Crippen LogP contribution in [0.3, 0.4) is 0 Å². The molecule has 2 atom stereocenters. The average Bonchev–Trinajstić information content (AvgIpc) is 2.66. The molecule has 0 amide bonds. The summed E-state index contributed by atoms with van der Waals surface area (Å²) in [6.07, 6.45) is 5.56. The van der Waals surface area contributed by atoms with Crippen molar-refractivity contribution in [2.45, 2.75) is 32.2 Å². The first-order valence-corrected chi connectivity index (χ1v) is 6.34. The van der Waals surface area contributed by atoms with Gasteiger partial charge in [-0.1, -0.05) is 25.1 Å². The van der Waals surface area contributed by atoms with Crippen LogP contribution in [-0.4, -0.2) is 4.57 Å². The zero-order valence-corrected chi connectivity index (χ0v) is 10.7. The fraction of sp³-hybridized carbons (Fsp3) is 0.400. The van der Waals surface area contributed by atoms with Gasteiger partial charge in [0, 0.05) is 0 Å². The van der Waals surface area contributed by atoms with E-state index in [0.717, 1.165) is 0 Å². The van der Waals surface area contributed by atoms with Gasteiger partial charge in [0.15, 0.2) is 0 Å². The van der Waals surface area contributed by atoms with E-state index < -0.39 is 0 Å². The second-order valence-electron chi connectivity index (χ2n) is 5.21. The van der Waals surface area contributed by atoms with Crippen molar-refractivity contribution in [3.05, 3.63) is 42.2 Å². The summed E-state index contributed by atoms with van der Waals surface area (Å²) in [7, 11) is 2.13. The van der Waals surface area contributed by atoms with Gasteiger partial charge in [0.25, 0.3) is 5.82 Å². The molecule has 1 aliphatic rings. The van der Waals surface area contributed by atoms with Gasteiger partial charge in [-0.3, -0.25) is 0 Å². The SMILES string of the molecule is CC1CC(C)n2cc[n+](C)c2-c2ccccc21. The Labute approximate surface area is 103 Å². The van der Waals surface area contributed by atoms with E-state index in [4.69, 9.17) is 0 Å². The maximum absolute atomic E-state index is 2.41. The minimum absolute atomic E-state index is 0.564. The number of aromatic nitrogens is 2. The molecule has 1 aromatic carbocycles. The van der Waals surface area contributed by atoms with E-state index in [1.54, 1.807) is 0 Å². The molecule has 2 heteroatoms. The van der Waals surface area contributed by atoms with Gasteiger partial charge in [-0.05, 0) is 30.9 Å². The van der Waals surface area contributed by atoms with Crippen molar-refractivity contribution < 1.29 is 4.57 Å². The third kappa shape index (κ3) is 1.51. The van der Waals surface area contributed by atoms with Crippen LogP contribution in [0.1, 0.15) is 37.8 Å². The van der Waals surface area contributed by atoms with Gasteiger partial charge < -0.3 is 0 Å². The van der Waals surface area contributed by atoms with Crippen molar-refractivity contribution in [2.24, 2.45) is 7.05 Å². The van der Waals surface area contributed by atoms with Gasteiger partial charge in [-0.25, -0.2) is 9.13 Å². The van der Waals surface area contributed by atoms with Gasteiger partial charge in [0.1, 0.15) is 12.4 Å². The van der Waals surface area contributed by atoms with Crippen molar-refractivity contribution in [1.29, 1.82) is 0 Å². The van der Waals surface area contributed by atoms with Gasteiger partial charge in [0.05, 0.1) is 18.7 Å². The van der Waals surface area contributed by atoms with E-state index in [1.807, 2.05) is 0 Å².